The van der Waals surface area contributed by atoms with Gasteiger partial charge in [-0.1, -0.05) is 25.1 Å². The largest absolute Gasteiger partial charge is 0.489 e. The van der Waals surface area contributed by atoms with Crippen molar-refractivity contribution in [1.82, 2.24) is 5.32 Å². The smallest absolute Gasteiger partial charge is 0.120 e. The number of nitrogens with one attached hydrogen (secondary N) is 1. The Labute approximate surface area is 119 Å². The number of benzene rings is 1. The van der Waals surface area contributed by atoms with Crippen molar-refractivity contribution in [2.24, 2.45) is 0 Å². The monoisotopic (exact) mass is 275 g/mol. The third-order valence-electron chi connectivity index (χ3n) is 3.00. The molecule has 1 unspecified atom stereocenters. The Hall–Kier alpha value is -1.32. The maximum atomic E-state index is 6.00. The highest BCUT2D eigenvalue weighted by molar-refractivity contribution is 7.09. The zero-order valence-electron chi connectivity index (χ0n) is 11.6. The van der Waals surface area contributed by atoms with E-state index < -0.39 is 0 Å². The van der Waals surface area contributed by atoms with Crippen LogP contribution in [0.3, 0.4) is 0 Å². The average Bonchev–Trinajstić information content (AvgIpc) is 2.91. The first-order chi connectivity index (χ1) is 9.28. The fourth-order valence-corrected chi connectivity index (χ4v) is 2.59. The summed E-state index contributed by atoms with van der Waals surface area (Å²) in [6.07, 6.45) is 1.23. The molecule has 0 aliphatic carbocycles. The fourth-order valence-electron chi connectivity index (χ4n) is 1.92. The molecule has 0 amide bonds. The number of aryl methyl sites for hydroxylation is 1. The van der Waals surface area contributed by atoms with Crippen molar-refractivity contribution in [3.05, 3.63) is 52.2 Å². The average molecular weight is 275 g/mol. The Balaban J connectivity index is 1.80. The van der Waals surface area contributed by atoms with E-state index >= 15 is 0 Å². The minimum Gasteiger partial charge on any atom is -0.489 e. The molecule has 0 saturated carbocycles. The lowest BCUT2D eigenvalue weighted by Crippen LogP contribution is -2.30. The summed E-state index contributed by atoms with van der Waals surface area (Å²) >= 11 is 1.78. The summed E-state index contributed by atoms with van der Waals surface area (Å²) in [5.41, 5.74) is 1.24. The van der Waals surface area contributed by atoms with Crippen LogP contribution in [0.2, 0.25) is 0 Å². The molecule has 2 rings (SSSR count). The van der Waals surface area contributed by atoms with Crippen LogP contribution in [-0.4, -0.2) is 12.6 Å². The molecule has 0 saturated heterocycles. The van der Waals surface area contributed by atoms with E-state index in [1.165, 1.54) is 10.4 Å². The number of hydrogen-bond donors (Lipinski definition) is 1. The van der Waals surface area contributed by atoms with E-state index in [4.69, 9.17) is 4.74 Å². The first-order valence-corrected chi connectivity index (χ1v) is 7.62. The standard InChI is InChI=1S/C16H21NOS/c1-3-14(11-17-12-16-8-5-9-19-16)18-15-7-4-6-13(2)10-15/h4-10,14,17H,3,11-12H2,1-2H3. The van der Waals surface area contributed by atoms with Gasteiger partial charge in [0.1, 0.15) is 11.9 Å². The van der Waals surface area contributed by atoms with Gasteiger partial charge in [-0.15, -0.1) is 11.3 Å². The van der Waals surface area contributed by atoms with Crippen LogP contribution in [-0.2, 0) is 6.54 Å². The Morgan fingerprint density at radius 3 is 2.84 bits per heavy atom. The third-order valence-corrected chi connectivity index (χ3v) is 3.88. The third kappa shape index (κ3) is 4.69. The van der Waals surface area contributed by atoms with Gasteiger partial charge in [0.05, 0.1) is 0 Å². The van der Waals surface area contributed by atoms with Crippen LogP contribution >= 0.6 is 11.3 Å². The highest BCUT2D eigenvalue weighted by Crippen LogP contribution is 2.15. The Morgan fingerprint density at radius 2 is 2.16 bits per heavy atom. The molecule has 1 aromatic carbocycles. The van der Waals surface area contributed by atoms with Crippen LogP contribution in [0.1, 0.15) is 23.8 Å². The lowest BCUT2D eigenvalue weighted by atomic mass is 10.2. The zero-order valence-corrected chi connectivity index (χ0v) is 12.4. The number of hydrogen-bond acceptors (Lipinski definition) is 3. The molecule has 1 atom stereocenters. The molecule has 0 radical (unpaired) electrons. The van der Waals surface area contributed by atoms with E-state index in [-0.39, 0.29) is 6.10 Å². The summed E-state index contributed by atoms with van der Waals surface area (Å²) in [6.45, 7) is 6.05. The van der Waals surface area contributed by atoms with Crippen LogP contribution in [0.25, 0.3) is 0 Å². The van der Waals surface area contributed by atoms with Gasteiger partial charge in [-0.25, -0.2) is 0 Å². The van der Waals surface area contributed by atoms with E-state index in [0.717, 1.165) is 25.3 Å². The van der Waals surface area contributed by atoms with Gasteiger partial charge in [0.25, 0.3) is 0 Å². The molecule has 0 bridgehead atoms. The lowest BCUT2D eigenvalue weighted by molar-refractivity contribution is 0.193. The molecule has 1 heterocycles. The van der Waals surface area contributed by atoms with E-state index in [1.54, 1.807) is 11.3 Å². The van der Waals surface area contributed by atoms with Gasteiger partial charge in [-0.2, -0.15) is 0 Å². The molecular weight excluding hydrogens is 254 g/mol. The van der Waals surface area contributed by atoms with Crippen molar-refractivity contribution in [1.29, 1.82) is 0 Å². The molecule has 0 aliphatic rings. The van der Waals surface area contributed by atoms with Gasteiger partial charge >= 0.3 is 0 Å². The lowest BCUT2D eigenvalue weighted by Gasteiger charge is -2.18. The maximum Gasteiger partial charge on any atom is 0.120 e. The summed E-state index contributed by atoms with van der Waals surface area (Å²) in [5.74, 6) is 0.963. The van der Waals surface area contributed by atoms with Crippen LogP contribution < -0.4 is 10.1 Å². The first-order valence-electron chi connectivity index (χ1n) is 6.74. The van der Waals surface area contributed by atoms with Gasteiger partial charge in [-0.3, -0.25) is 0 Å². The minimum absolute atomic E-state index is 0.224. The summed E-state index contributed by atoms with van der Waals surface area (Å²) < 4.78 is 6.00. The molecular formula is C16H21NOS. The van der Waals surface area contributed by atoms with Crippen molar-refractivity contribution >= 4 is 11.3 Å². The van der Waals surface area contributed by atoms with Crippen molar-refractivity contribution < 1.29 is 4.74 Å². The predicted octanol–water partition coefficient (Wildman–Crippen LogP) is 4.00. The minimum atomic E-state index is 0.224. The fraction of sp³-hybridized carbons (Fsp3) is 0.375. The van der Waals surface area contributed by atoms with Crippen LogP contribution in [0.15, 0.2) is 41.8 Å². The summed E-state index contributed by atoms with van der Waals surface area (Å²) in [5, 5.41) is 5.57. The normalized spacial score (nSPS) is 12.3. The Kier molecular flexibility index (Phi) is 5.43. The topological polar surface area (TPSA) is 21.3 Å². The highest BCUT2D eigenvalue weighted by atomic mass is 32.1. The molecule has 2 nitrogen and oxygen atoms in total. The second-order valence-electron chi connectivity index (χ2n) is 4.67. The Bertz CT molecular complexity index is 481. The van der Waals surface area contributed by atoms with Gasteiger partial charge in [0.2, 0.25) is 0 Å². The molecule has 102 valence electrons. The maximum absolute atomic E-state index is 6.00. The van der Waals surface area contributed by atoms with Crippen LogP contribution in [0.4, 0.5) is 0 Å². The van der Waals surface area contributed by atoms with Crippen molar-refractivity contribution in [2.75, 3.05) is 6.54 Å². The summed E-state index contributed by atoms with van der Waals surface area (Å²) in [6, 6.07) is 12.5. The second kappa shape index (κ2) is 7.31. The van der Waals surface area contributed by atoms with Crippen LogP contribution in [0.5, 0.6) is 5.75 Å². The van der Waals surface area contributed by atoms with E-state index in [2.05, 4.69) is 48.8 Å². The Morgan fingerprint density at radius 1 is 1.26 bits per heavy atom. The molecule has 1 aromatic heterocycles. The molecule has 3 heteroatoms. The summed E-state index contributed by atoms with van der Waals surface area (Å²) in [7, 11) is 0. The SMILES string of the molecule is CCC(CNCc1cccs1)Oc1cccc(C)c1. The highest BCUT2D eigenvalue weighted by Gasteiger charge is 2.08. The summed E-state index contributed by atoms with van der Waals surface area (Å²) in [4.78, 5) is 1.37. The van der Waals surface area contributed by atoms with Crippen molar-refractivity contribution in [3.63, 3.8) is 0 Å². The molecule has 2 aromatic rings. The van der Waals surface area contributed by atoms with Gasteiger partial charge in [0, 0.05) is 18.0 Å². The quantitative estimate of drug-likeness (QED) is 0.824. The van der Waals surface area contributed by atoms with E-state index in [1.807, 2.05) is 12.1 Å². The number of thiophene rings is 1. The zero-order chi connectivity index (χ0) is 13.5. The van der Waals surface area contributed by atoms with Gasteiger partial charge < -0.3 is 10.1 Å². The van der Waals surface area contributed by atoms with Crippen molar-refractivity contribution in [3.8, 4) is 5.75 Å². The molecule has 19 heavy (non-hydrogen) atoms. The van der Waals surface area contributed by atoms with Crippen molar-refractivity contribution in [2.45, 2.75) is 32.9 Å². The molecule has 0 spiro atoms. The van der Waals surface area contributed by atoms with Crippen LogP contribution in [0, 0.1) is 6.92 Å². The predicted molar refractivity (Wildman–Crippen MR) is 81.9 cm³/mol. The molecule has 0 aliphatic heterocycles. The van der Waals surface area contributed by atoms with Gasteiger partial charge in [0.15, 0.2) is 0 Å². The number of ether oxygens (including phenoxy) is 1. The first kappa shape index (κ1) is 14.1. The van der Waals surface area contributed by atoms with E-state index in [0.29, 0.717) is 0 Å². The van der Waals surface area contributed by atoms with E-state index in [9.17, 15) is 0 Å². The van der Waals surface area contributed by atoms with Gasteiger partial charge in [-0.05, 0) is 42.5 Å². The second-order valence-corrected chi connectivity index (χ2v) is 5.71. The molecule has 0 fully saturated rings. The number of rotatable bonds is 7. The molecule has 1 N–H and O–H groups in total.